The fraction of sp³-hybridized carbons (Fsp3) is 0.455. The molecule has 0 saturated heterocycles. The second-order valence-electron chi connectivity index (χ2n) is 3.64. The summed E-state index contributed by atoms with van der Waals surface area (Å²) in [5, 5.41) is 5.51. The van der Waals surface area contributed by atoms with Gasteiger partial charge in [0.2, 0.25) is 0 Å². The van der Waals surface area contributed by atoms with E-state index in [1.54, 1.807) is 7.05 Å². The van der Waals surface area contributed by atoms with Crippen molar-refractivity contribution in [1.29, 1.82) is 0 Å². The summed E-state index contributed by atoms with van der Waals surface area (Å²) < 4.78 is 36.7. The summed E-state index contributed by atoms with van der Waals surface area (Å²) in [6, 6.07) is 1.91. The van der Waals surface area contributed by atoms with Gasteiger partial charge in [-0.1, -0.05) is 0 Å². The molecule has 0 unspecified atom stereocenters. The van der Waals surface area contributed by atoms with Gasteiger partial charge in [0, 0.05) is 12.7 Å². The maximum atomic E-state index is 12.2. The topological polar surface area (TPSA) is 54.0 Å². The van der Waals surface area contributed by atoms with Gasteiger partial charge in [-0.25, -0.2) is 0 Å². The largest absolute Gasteiger partial charge is 0.433 e. The van der Waals surface area contributed by atoms with Gasteiger partial charge in [-0.05, 0) is 32.1 Å². The summed E-state index contributed by atoms with van der Waals surface area (Å²) in [5.74, 6) is -0.424. The lowest BCUT2D eigenvalue weighted by Crippen LogP contribution is -2.26. The number of hydrogen-bond acceptors (Lipinski definition) is 3. The standard InChI is InChI=1S/C11H14F3N3O/c1-15-5-2-6-16-10(18)8-3-4-9(17-7-8)11(12,13)14/h3-4,7,15H,2,5-6H2,1H3,(H,16,18). The first kappa shape index (κ1) is 14.4. The van der Waals surface area contributed by atoms with Crippen LogP contribution in [0.3, 0.4) is 0 Å². The molecule has 1 aromatic heterocycles. The van der Waals surface area contributed by atoms with Crippen molar-refractivity contribution in [3.8, 4) is 0 Å². The predicted octanol–water partition coefficient (Wildman–Crippen LogP) is 1.44. The van der Waals surface area contributed by atoms with Crippen molar-refractivity contribution < 1.29 is 18.0 Å². The van der Waals surface area contributed by atoms with Crippen LogP contribution in [0.1, 0.15) is 22.5 Å². The molecule has 1 amide bonds. The van der Waals surface area contributed by atoms with Gasteiger partial charge < -0.3 is 10.6 Å². The summed E-state index contributed by atoms with van der Waals surface area (Å²) in [6.45, 7) is 1.21. The van der Waals surface area contributed by atoms with Crippen LogP contribution < -0.4 is 10.6 Å². The van der Waals surface area contributed by atoms with Crippen molar-refractivity contribution in [2.24, 2.45) is 0 Å². The van der Waals surface area contributed by atoms with Gasteiger partial charge in [0.15, 0.2) is 0 Å². The van der Waals surface area contributed by atoms with Crippen LogP contribution in [-0.4, -0.2) is 31.0 Å². The minimum atomic E-state index is -4.48. The Labute approximate surface area is 103 Å². The monoisotopic (exact) mass is 261 g/mol. The number of pyridine rings is 1. The molecule has 0 radical (unpaired) electrons. The van der Waals surface area contributed by atoms with E-state index < -0.39 is 17.8 Å². The molecule has 7 heteroatoms. The second kappa shape index (κ2) is 6.34. The number of amides is 1. The highest BCUT2D eigenvalue weighted by Gasteiger charge is 2.32. The van der Waals surface area contributed by atoms with Gasteiger partial charge in [-0.3, -0.25) is 9.78 Å². The van der Waals surface area contributed by atoms with Gasteiger partial charge in [-0.15, -0.1) is 0 Å². The van der Waals surface area contributed by atoms with Crippen LogP contribution >= 0.6 is 0 Å². The van der Waals surface area contributed by atoms with Gasteiger partial charge in [0.1, 0.15) is 5.69 Å². The fourth-order valence-corrected chi connectivity index (χ4v) is 1.27. The Morgan fingerprint density at radius 2 is 2.06 bits per heavy atom. The smallest absolute Gasteiger partial charge is 0.352 e. The lowest BCUT2D eigenvalue weighted by atomic mass is 10.2. The maximum absolute atomic E-state index is 12.2. The summed E-state index contributed by atoms with van der Waals surface area (Å²) in [7, 11) is 1.79. The first-order chi connectivity index (χ1) is 8.45. The molecule has 1 rings (SSSR count). The Morgan fingerprint density at radius 1 is 1.33 bits per heavy atom. The number of nitrogens with one attached hydrogen (secondary N) is 2. The molecular weight excluding hydrogens is 247 g/mol. The third-order valence-electron chi connectivity index (χ3n) is 2.21. The van der Waals surface area contributed by atoms with E-state index in [0.717, 1.165) is 31.3 Å². The number of rotatable bonds is 5. The number of alkyl halides is 3. The minimum Gasteiger partial charge on any atom is -0.352 e. The molecule has 0 saturated carbocycles. The van der Waals surface area contributed by atoms with Crippen LogP contribution in [0, 0.1) is 0 Å². The zero-order valence-electron chi connectivity index (χ0n) is 9.84. The van der Waals surface area contributed by atoms with Crippen molar-refractivity contribution in [3.63, 3.8) is 0 Å². The Morgan fingerprint density at radius 3 is 2.56 bits per heavy atom. The number of hydrogen-bond donors (Lipinski definition) is 2. The molecular formula is C11H14F3N3O. The summed E-state index contributed by atoms with van der Waals surface area (Å²) in [6.07, 6.45) is -2.81. The SMILES string of the molecule is CNCCCNC(=O)c1ccc(C(F)(F)F)nc1. The molecule has 0 aliphatic heterocycles. The van der Waals surface area contributed by atoms with Crippen LogP contribution in [0.4, 0.5) is 13.2 Å². The molecule has 2 N–H and O–H groups in total. The van der Waals surface area contributed by atoms with E-state index in [1.807, 2.05) is 0 Å². The Hall–Kier alpha value is -1.63. The molecule has 4 nitrogen and oxygen atoms in total. The Kier molecular flexibility index (Phi) is 5.08. The quantitative estimate of drug-likeness (QED) is 0.789. The first-order valence-electron chi connectivity index (χ1n) is 5.41. The fourth-order valence-electron chi connectivity index (χ4n) is 1.27. The molecule has 18 heavy (non-hydrogen) atoms. The normalized spacial score (nSPS) is 11.3. The highest BCUT2D eigenvalue weighted by Crippen LogP contribution is 2.27. The number of halogens is 3. The number of aromatic nitrogens is 1. The molecule has 0 aliphatic carbocycles. The Balaban J connectivity index is 2.54. The van der Waals surface area contributed by atoms with Crippen molar-refractivity contribution >= 4 is 5.91 Å². The third kappa shape index (κ3) is 4.33. The van der Waals surface area contributed by atoms with Gasteiger partial charge in [0.05, 0.1) is 5.56 Å². The molecule has 0 aliphatic rings. The van der Waals surface area contributed by atoms with Crippen LogP contribution in [0.15, 0.2) is 18.3 Å². The summed E-state index contributed by atoms with van der Waals surface area (Å²) >= 11 is 0. The summed E-state index contributed by atoms with van der Waals surface area (Å²) in [4.78, 5) is 14.7. The lowest BCUT2D eigenvalue weighted by molar-refractivity contribution is -0.141. The van der Waals surface area contributed by atoms with Crippen molar-refractivity contribution in [2.75, 3.05) is 20.1 Å². The van der Waals surface area contributed by atoms with E-state index in [4.69, 9.17) is 0 Å². The minimum absolute atomic E-state index is 0.118. The molecule has 0 bridgehead atoms. The van der Waals surface area contributed by atoms with E-state index in [9.17, 15) is 18.0 Å². The van der Waals surface area contributed by atoms with Crippen molar-refractivity contribution in [2.45, 2.75) is 12.6 Å². The van der Waals surface area contributed by atoms with Crippen LogP contribution in [0.25, 0.3) is 0 Å². The molecule has 0 atom stereocenters. The molecule has 0 aromatic carbocycles. The van der Waals surface area contributed by atoms with Crippen molar-refractivity contribution in [3.05, 3.63) is 29.6 Å². The molecule has 0 spiro atoms. The molecule has 100 valence electrons. The van der Waals surface area contributed by atoms with Crippen LogP contribution in [0.5, 0.6) is 0 Å². The second-order valence-corrected chi connectivity index (χ2v) is 3.64. The zero-order valence-corrected chi connectivity index (χ0v) is 9.84. The van der Waals surface area contributed by atoms with E-state index in [-0.39, 0.29) is 5.56 Å². The van der Waals surface area contributed by atoms with E-state index in [1.165, 1.54) is 0 Å². The summed E-state index contributed by atoms with van der Waals surface area (Å²) in [5.41, 5.74) is -0.887. The Bertz CT molecular complexity index is 390. The molecule has 1 heterocycles. The average Bonchev–Trinajstić information content (AvgIpc) is 2.33. The predicted molar refractivity (Wildman–Crippen MR) is 60.1 cm³/mol. The van der Waals surface area contributed by atoms with Gasteiger partial charge in [-0.2, -0.15) is 13.2 Å². The first-order valence-corrected chi connectivity index (χ1v) is 5.41. The molecule has 0 fully saturated rings. The highest BCUT2D eigenvalue weighted by molar-refractivity contribution is 5.93. The lowest BCUT2D eigenvalue weighted by Gasteiger charge is -2.07. The average molecular weight is 261 g/mol. The van der Waals surface area contributed by atoms with Gasteiger partial charge in [0.25, 0.3) is 5.91 Å². The number of carbonyl (C=O) groups excluding carboxylic acids is 1. The number of carbonyl (C=O) groups is 1. The van der Waals surface area contributed by atoms with E-state index in [0.29, 0.717) is 6.54 Å². The zero-order chi connectivity index (χ0) is 13.6. The van der Waals surface area contributed by atoms with Crippen LogP contribution in [0.2, 0.25) is 0 Å². The van der Waals surface area contributed by atoms with Crippen LogP contribution in [-0.2, 0) is 6.18 Å². The number of nitrogens with zero attached hydrogens (tertiary/aromatic N) is 1. The third-order valence-corrected chi connectivity index (χ3v) is 2.21. The molecule has 1 aromatic rings. The maximum Gasteiger partial charge on any atom is 0.433 e. The van der Waals surface area contributed by atoms with Crippen molar-refractivity contribution in [1.82, 2.24) is 15.6 Å². The van der Waals surface area contributed by atoms with E-state index in [2.05, 4.69) is 15.6 Å². The van der Waals surface area contributed by atoms with E-state index >= 15 is 0 Å². The van der Waals surface area contributed by atoms with Gasteiger partial charge >= 0.3 is 6.18 Å². The highest BCUT2D eigenvalue weighted by atomic mass is 19.4.